The molecule has 10 N–H and O–H groups in total. The van der Waals surface area contributed by atoms with Crippen molar-refractivity contribution in [3.8, 4) is 23.0 Å². The Kier molecular flexibility index (Phi) is 40.6. The first kappa shape index (κ1) is 118. The number of methoxy groups -OCH3 is 1. The molecule has 0 unspecified atom stereocenters. The quantitative estimate of drug-likeness (QED) is 0.0229. The topological polar surface area (TPSA) is 395 Å². The number of likely N-dealkylation sites (tertiary alicyclic amines) is 2. The lowest BCUT2D eigenvalue weighted by atomic mass is 9.76. The van der Waals surface area contributed by atoms with Crippen LogP contribution in [0, 0.1) is 68.2 Å². The highest BCUT2D eigenvalue weighted by Crippen LogP contribution is 2.49. The fraction of sp³-hybridized carbons (Fsp3) is 0.485. The Morgan fingerprint density at radius 1 is 0.431 bits per heavy atom. The highest BCUT2D eigenvalue weighted by Gasteiger charge is 2.45. The third-order valence-electron chi connectivity index (χ3n) is 26.7. The van der Waals surface area contributed by atoms with Crippen LogP contribution in [0.4, 0.5) is 40.8 Å². The van der Waals surface area contributed by atoms with Crippen molar-refractivity contribution in [2.45, 2.75) is 254 Å². The first-order chi connectivity index (χ1) is 65.9. The van der Waals surface area contributed by atoms with Crippen molar-refractivity contribution in [1.29, 1.82) is 0 Å². The van der Waals surface area contributed by atoms with Gasteiger partial charge in [-0.15, -0.1) is 0 Å². The van der Waals surface area contributed by atoms with Gasteiger partial charge in [0.1, 0.15) is 103 Å². The number of hydrogen-bond acceptors (Lipinski definition) is 24. The van der Waals surface area contributed by atoms with Gasteiger partial charge in [0.25, 0.3) is 11.8 Å². The van der Waals surface area contributed by atoms with E-state index < -0.39 is 53.0 Å². The van der Waals surface area contributed by atoms with Gasteiger partial charge in [0.2, 0.25) is 0 Å². The van der Waals surface area contributed by atoms with Gasteiger partial charge >= 0.3 is 0 Å². The Bertz CT molecular complexity index is 6650. The van der Waals surface area contributed by atoms with E-state index in [9.17, 15) is 29.4 Å². The zero-order valence-electron chi connectivity index (χ0n) is 83.7. The van der Waals surface area contributed by atoms with E-state index >= 15 is 17.6 Å². The van der Waals surface area contributed by atoms with E-state index in [-0.39, 0.29) is 223 Å². The van der Waals surface area contributed by atoms with Crippen molar-refractivity contribution in [2.24, 2.45) is 17.3 Å². The van der Waals surface area contributed by atoms with Crippen LogP contribution in [0.25, 0.3) is 22.1 Å². The molecule has 5 aliphatic rings. The van der Waals surface area contributed by atoms with Crippen molar-refractivity contribution in [1.82, 2.24) is 67.3 Å². The SMILES string of the molecule is CO[C@H]1CCCN(C(=O)c2c(F)c(Cl)cc([C@H](C)c3nc(C)c4c(N)nccn34)c2OC(C)C)C1.Cc1nc([C@@H](C)c2cc(Cl)c(F)c(C(=O)CC3CC(O)C3)c2OC(C)C)n2ccnc(N)c12.Cc1nc([C@@H](C)c2cc(Cl)c(F)c(C(=O)CC3CCC(O)CC3)c2OC(C)C)n2ccnc(N)c12.Cc1nc([C@@H](C)c2cc(Cl)c(F)c(C(=O)N3CCC4(CC3)COC4)c2OC(C)C)n2ccnc(N)c12.S.S.S.S.S. The zero-order valence-corrected chi connectivity index (χ0v) is 91.8. The van der Waals surface area contributed by atoms with E-state index in [4.69, 9.17) is 118 Å². The molecule has 12 aromatic rings. The molecule has 8 aromatic heterocycles. The Labute approximate surface area is 890 Å². The second-order valence-corrected chi connectivity index (χ2v) is 39.8. The molecule has 4 aromatic carbocycles. The number of halogens is 8. The average Bonchev–Trinajstić information content (AvgIpc) is 1.56. The predicted molar refractivity (Wildman–Crippen MR) is 578 cm³/mol. The highest BCUT2D eigenvalue weighted by molar-refractivity contribution is 7.60. The Morgan fingerprint density at radius 2 is 0.722 bits per heavy atom. The van der Waals surface area contributed by atoms with Gasteiger partial charge in [0, 0.05) is 147 Å². The van der Waals surface area contributed by atoms with E-state index in [1.165, 1.54) is 24.3 Å². The number of aryl methyl sites for hydroxylation is 4. The van der Waals surface area contributed by atoms with Gasteiger partial charge in [-0.05, 0) is 183 Å². The number of piperidine rings is 2. The average molecular weight is 2170 g/mol. The van der Waals surface area contributed by atoms with Crippen LogP contribution in [0.1, 0.15) is 294 Å². The summed E-state index contributed by atoms with van der Waals surface area (Å²) in [6.45, 7) is 33.1. The second kappa shape index (κ2) is 49.6. The number of fused-ring (bicyclic) bond motifs is 4. The fourth-order valence-corrected chi connectivity index (χ4v) is 20.3. The van der Waals surface area contributed by atoms with Crippen LogP contribution in [0.3, 0.4) is 0 Å². The van der Waals surface area contributed by atoms with E-state index in [0.29, 0.717) is 160 Å². The predicted octanol–water partition coefficient (Wildman–Crippen LogP) is 19.9. The molecule has 0 radical (unpaired) electrons. The zero-order chi connectivity index (χ0) is 101. The highest BCUT2D eigenvalue weighted by atomic mass is 35.5. The van der Waals surface area contributed by atoms with Gasteiger partial charge in [-0.3, -0.25) is 36.8 Å². The molecule has 0 bridgehead atoms. The van der Waals surface area contributed by atoms with Gasteiger partial charge in [0.15, 0.2) is 34.8 Å². The number of carbonyl (C=O) groups excluding carboxylic acids is 4. The molecule has 11 heterocycles. The van der Waals surface area contributed by atoms with Crippen LogP contribution in [0.15, 0.2) is 73.8 Å². The van der Waals surface area contributed by atoms with Crippen molar-refractivity contribution in [2.75, 3.05) is 69.4 Å². The molecule has 3 aliphatic heterocycles. The van der Waals surface area contributed by atoms with Gasteiger partial charge in [-0.2, -0.15) is 67.5 Å². The number of anilines is 4. The third-order valence-corrected chi connectivity index (χ3v) is 27.8. The summed E-state index contributed by atoms with van der Waals surface area (Å²) in [5.41, 5.74) is 31.9. The number of carbonyl (C=O) groups is 4. The number of nitrogens with two attached hydrogens (primary N) is 4. The molecule has 1 spiro atoms. The molecular weight excluding hydrogens is 2040 g/mol. The molecule has 43 heteroatoms. The number of imidazole rings is 4. The number of ether oxygens (including phenoxy) is 6. The molecule has 17 rings (SSSR count). The fourth-order valence-electron chi connectivity index (χ4n) is 19.4. The van der Waals surface area contributed by atoms with Crippen molar-refractivity contribution < 1.29 is 75.4 Å². The Morgan fingerprint density at radius 3 is 1.01 bits per heavy atom. The normalized spacial score (nSPS) is 17.8. The first-order valence-electron chi connectivity index (χ1n) is 47.1. The van der Waals surface area contributed by atoms with Crippen LogP contribution in [-0.4, -0.2) is 190 Å². The lowest BCUT2D eigenvalue weighted by Crippen LogP contribution is -2.52. The third kappa shape index (κ3) is 24.7. The molecule has 3 saturated heterocycles. The summed E-state index contributed by atoms with van der Waals surface area (Å²) < 4.78 is 104. The van der Waals surface area contributed by atoms with Crippen LogP contribution < -0.4 is 41.9 Å². The monoisotopic (exact) mass is 2160 g/mol. The van der Waals surface area contributed by atoms with Gasteiger partial charge in [-0.1, -0.05) is 74.1 Å². The summed E-state index contributed by atoms with van der Waals surface area (Å²) in [7, 11) is 1.62. The second-order valence-electron chi connectivity index (χ2n) is 38.2. The number of ketones is 2. The molecule has 2 amide bonds. The number of rotatable bonds is 25. The summed E-state index contributed by atoms with van der Waals surface area (Å²) in [6.07, 6.45) is 18.9. The minimum absolute atomic E-state index is 0. The molecule has 2 saturated carbocycles. The first-order valence-corrected chi connectivity index (χ1v) is 48.6. The molecule has 144 heavy (non-hydrogen) atoms. The van der Waals surface area contributed by atoms with Gasteiger partial charge in [-0.25, -0.2) is 57.4 Å². The Hall–Kier alpha value is -9.49. The van der Waals surface area contributed by atoms with E-state index in [1.54, 1.807) is 66.5 Å². The van der Waals surface area contributed by atoms with Crippen molar-refractivity contribution in [3.63, 3.8) is 0 Å². The maximum Gasteiger partial charge on any atom is 0.260 e. The largest absolute Gasteiger partial charge is 0.490 e. The maximum atomic E-state index is 15.6. The number of aliphatic hydroxyl groups is 2. The number of aromatic nitrogens is 12. The molecule has 784 valence electrons. The molecule has 2 aliphatic carbocycles. The standard InChI is InChI=1S/C26H31ClFN5O3.C26H32ClFN4O3.C25H31ClFN5O3.C24H28ClFN4O3.5H2S/c1-14(2)36-22-17(15(3)24-31-16(4)21-23(29)30-7-10-33(21)24)11-18(27)20(28)19(22)25(34)32-8-5-26(6-9-32)12-35-13-26;1-13(2)35-24-18(14(3)26-31-15(4)23-25(29)30-9-10-32(23)26)12-19(27)22(28)21(24)20(34)11-16-5-7-17(33)8-6-16;1-13(2)35-22-17(14(3)24-30-15(4)21-23(28)29-8-10-32(21)24)11-18(26)20(27)19(22)25(33)31-9-6-7-16(12-31)34-5;1-11(2)33-22-16(12(3)24-29-13(4)21-23(27)28-5-6-30(21)24)10-17(25)20(26)19(22)18(32)9-14-7-15(31)8-14;;;;;/h7,10-11,14-15H,5-6,8-9,12-13H2,1-4H3,(H2,29,30);9-10,12-14,16-17,33H,5-8,11H2,1-4H3,(H2,29,30);8,10-11,13-14,16H,6-7,9,12H2,1-5H3,(H2,28,29);5-6,10-12,14-15,31H,7-9H2,1-4H3,(H2,27,28);5*1H2/t15-;14-,16?,17?;14-,16-;12-,14?,15?;;;;;/m0000...../s1. The smallest absolute Gasteiger partial charge is 0.260 e. The van der Waals surface area contributed by atoms with Crippen molar-refractivity contribution in [3.05, 3.63) is 208 Å². The number of benzene rings is 4. The van der Waals surface area contributed by atoms with E-state index in [0.717, 1.165) is 57.4 Å². The van der Waals surface area contributed by atoms with Crippen LogP contribution in [-0.2, 0) is 9.47 Å². The molecule has 30 nitrogen and oxygen atoms in total. The molecular formula is C101H132Cl4F4N18O12S5. The summed E-state index contributed by atoms with van der Waals surface area (Å²) in [6, 6.07) is 6.08. The lowest BCUT2D eigenvalue weighted by molar-refractivity contribution is -0.136. The summed E-state index contributed by atoms with van der Waals surface area (Å²) in [5, 5.41) is 18.8. The minimum Gasteiger partial charge on any atom is -0.490 e. The lowest BCUT2D eigenvalue weighted by Gasteiger charge is -2.47. The summed E-state index contributed by atoms with van der Waals surface area (Å²) >= 11 is 25.4. The summed E-state index contributed by atoms with van der Waals surface area (Å²) in [5.74, 6) is -1.34. The Balaban J connectivity index is 0.000000212. The number of nitrogens with zero attached hydrogens (tertiary/aromatic N) is 14. The van der Waals surface area contributed by atoms with Gasteiger partial charge < -0.3 is 71.4 Å². The molecule has 5 atom stereocenters. The number of hydrogen-bond donors (Lipinski definition) is 6. The maximum absolute atomic E-state index is 15.6. The van der Waals surface area contributed by atoms with Crippen LogP contribution >= 0.6 is 114 Å². The van der Waals surface area contributed by atoms with Crippen LogP contribution in [0.5, 0.6) is 23.0 Å². The number of nitrogen functional groups attached to an aromatic ring is 4. The van der Waals surface area contributed by atoms with Crippen molar-refractivity contribution >= 4 is 183 Å². The molecule has 5 fully saturated rings. The van der Waals surface area contributed by atoms with Crippen LogP contribution in [0.2, 0.25) is 20.1 Å². The number of amides is 2. The minimum atomic E-state index is -0.791. The van der Waals surface area contributed by atoms with E-state index in [1.807, 2.05) is 128 Å². The van der Waals surface area contributed by atoms with Gasteiger partial charge in [0.05, 0.1) is 110 Å². The number of Topliss-reactive ketones (excluding diaryl/α,β-unsaturated/α-hetero) is 2. The number of aliphatic hydroxyl groups excluding tert-OH is 2. The summed E-state index contributed by atoms with van der Waals surface area (Å²) in [4.78, 5) is 92.8. The van der Waals surface area contributed by atoms with E-state index in [2.05, 4.69) is 19.9 Å².